The Hall–Kier alpha value is -2.47. The number of aromatic nitrogens is 2. The number of nitrogens with one attached hydrogen (secondary N) is 3. The molecule has 112 valence electrons. The fourth-order valence-corrected chi connectivity index (χ4v) is 2.52. The van der Waals surface area contributed by atoms with Gasteiger partial charge in [0, 0.05) is 5.69 Å². The Morgan fingerprint density at radius 3 is 2.64 bits per heavy atom. The van der Waals surface area contributed by atoms with Crippen LogP contribution in [0.4, 0.5) is 10.1 Å². The van der Waals surface area contributed by atoms with Crippen molar-refractivity contribution in [2.45, 2.75) is 13.3 Å². The van der Waals surface area contributed by atoms with Gasteiger partial charge in [-0.05, 0) is 48.5 Å². The maximum atomic E-state index is 13.7. The van der Waals surface area contributed by atoms with E-state index in [1.165, 1.54) is 17.7 Å². The molecule has 0 aliphatic heterocycles. The van der Waals surface area contributed by atoms with Crippen LogP contribution in [0, 0.1) is 10.6 Å². The van der Waals surface area contributed by atoms with Crippen LogP contribution in [-0.2, 0) is 6.42 Å². The van der Waals surface area contributed by atoms with Crippen LogP contribution in [0.3, 0.4) is 0 Å². The van der Waals surface area contributed by atoms with Crippen molar-refractivity contribution in [3.63, 3.8) is 0 Å². The zero-order valence-electron chi connectivity index (χ0n) is 11.9. The van der Waals surface area contributed by atoms with Crippen LogP contribution in [0.15, 0.2) is 36.4 Å². The molecule has 0 fully saturated rings. The van der Waals surface area contributed by atoms with E-state index in [2.05, 4.69) is 22.2 Å². The van der Waals surface area contributed by atoms with Crippen LogP contribution in [0.1, 0.15) is 22.8 Å². The second kappa shape index (κ2) is 5.73. The molecule has 1 amide bonds. The molecule has 3 aromatic rings. The van der Waals surface area contributed by atoms with Crippen molar-refractivity contribution in [3.8, 4) is 0 Å². The summed E-state index contributed by atoms with van der Waals surface area (Å²) < 4.78 is 14.0. The maximum absolute atomic E-state index is 13.7. The largest absolute Gasteiger partial charge is 0.331 e. The van der Waals surface area contributed by atoms with E-state index in [0.717, 1.165) is 6.42 Å². The van der Waals surface area contributed by atoms with E-state index in [1.54, 1.807) is 0 Å². The first kappa shape index (κ1) is 14.5. The van der Waals surface area contributed by atoms with E-state index in [4.69, 9.17) is 12.2 Å². The molecule has 0 spiro atoms. The van der Waals surface area contributed by atoms with Crippen molar-refractivity contribution >= 4 is 34.8 Å². The molecule has 0 saturated heterocycles. The van der Waals surface area contributed by atoms with Crippen molar-refractivity contribution in [1.29, 1.82) is 0 Å². The zero-order chi connectivity index (χ0) is 15.7. The van der Waals surface area contributed by atoms with Crippen LogP contribution in [-0.4, -0.2) is 15.9 Å². The highest BCUT2D eigenvalue weighted by Crippen LogP contribution is 2.19. The topological polar surface area (TPSA) is 60.7 Å². The third-order valence-corrected chi connectivity index (χ3v) is 3.66. The van der Waals surface area contributed by atoms with E-state index in [-0.39, 0.29) is 11.5 Å². The van der Waals surface area contributed by atoms with Crippen molar-refractivity contribution in [3.05, 3.63) is 58.1 Å². The summed E-state index contributed by atoms with van der Waals surface area (Å²) in [6.45, 7) is 2.06. The summed E-state index contributed by atoms with van der Waals surface area (Å²) in [6.07, 6.45) is 0.929. The van der Waals surface area contributed by atoms with E-state index >= 15 is 0 Å². The maximum Gasteiger partial charge on any atom is 0.257 e. The number of hydrogen-bond donors (Lipinski definition) is 3. The van der Waals surface area contributed by atoms with Gasteiger partial charge in [-0.3, -0.25) is 4.79 Å². The van der Waals surface area contributed by atoms with Gasteiger partial charge in [0.15, 0.2) is 4.77 Å². The summed E-state index contributed by atoms with van der Waals surface area (Å²) in [6, 6.07) is 10.0. The SMILES string of the molecule is CCc1ccc(NC(=O)c2cc(F)cc3[nH]c(=S)[nH]c23)cc1. The molecule has 0 unspecified atom stereocenters. The molecule has 4 nitrogen and oxygen atoms in total. The van der Waals surface area contributed by atoms with Gasteiger partial charge in [-0.15, -0.1) is 0 Å². The standard InChI is InChI=1S/C16H14FN3OS/c1-2-9-3-5-11(6-4-9)18-15(21)12-7-10(17)8-13-14(12)20-16(22)19-13/h3-8H,2H2,1H3,(H,18,21)(H2,19,20,22). The molecule has 0 aliphatic carbocycles. The van der Waals surface area contributed by atoms with E-state index in [1.807, 2.05) is 24.3 Å². The Bertz CT molecular complexity index is 896. The van der Waals surface area contributed by atoms with Crippen LogP contribution in [0.5, 0.6) is 0 Å². The van der Waals surface area contributed by atoms with Crippen molar-refractivity contribution < 1.29 is 9.18 Å². The summed E-state index contributed by atoms with van der Waals surface area (Å²) in [4.78, 5) is 18.1. The van der Waals surface area contributed by atoms with Crippen LogP contribution < -0.4 is 5.32 Å². The molecule has 3 N–H and O–H groups in total. The second-order valence-corrected chi connectivity index (χ2v) is 5.37. The van der Waals surface area contributed by atoms with Crippen LogP contribution >= 0.6 is 12.2 Å². The lowest BCUT2D eigenvalue weighted by Gasteiger charge is -2.07. The highest BCUT2D eigenvalue weighted by Gasteiger charge is 2.14. The Morgan fingerprint density at radius 2 is 1.95 bits per heavy atom. The second-order valence-electron chi connectivity index (χ2n) is 4.96. The fraction of sp³-hybridized carbons (Fsp3) is 0.125. The van der Waals surface area contributed by atoms with Crippen LogP contribution in [0.25, 0.3) is 11.0 Å². The average Bonchev–Trinajstić information content (AvgIpc) is 2.87. The molecule has 2 aromatic carbocycles. The number of hydrogen-bond acceptors (Lipinski definition) is 2. The van der Waals surface area contributed by atoms with Gasteiger partial charge in [0.1, 0.15) is 5.82 Å². The van der Waals surface area contributed by atoms with Gasteiger partial charge in [-0.1, -0.05) is 19.1 Å². The van der Waals surface area contributed by atoms with Crippen molar-refractivity contribution in [2.75, 3.05) is 5.32 Å². The summed E-state index contributed by atoms with van der Waals surface area (Å²) in [5, 5.41) is 2.76. The van der Waals surface area contributed by atoms with Gasteiger partial charge >= 0.3 is 0 Å². The van der Waals surface area contributed by atoms with E-state index < -0.39 is 5.82 Å². The number of rotatable bonds is 3. The number of aryl methyl sites for hydroxylation is 1. The average molecular weight is 315 g/mol. The van der Waals surface area contributed by atoms with Gasteiger partial charge in [-0.2, -0.15) is 0 Å². The highest BCUT2D eigenvalue weighted by molar-refractivity contribution is 7.71. The van der Waals surface area contributed by atoms with E-state index in [9.17, 15) is 9.18 Å². The first-order chi connectivity index (χ1) is 10.6. The highest BCUT2D eigenvalue weighted by atomic mass is 32.1. The third kappa shape index (κ3) is 2.78. The number of aromatic amines is 2. The first-order valence-corrected chi connectivity index (χ1v) is 7.29. The molecule has 0 radical (unpaired) electrons. The number of imidazole rings is 1. The predicted molar refractivity (Wildman–Crippen MR) is 87.2 cm³/mol. The number of halogens is 1. The molecule has 0 bridgehead atoms. The number of anilines is 1. The lowest BCUT2D eigenvalue weighted by molar-refractivity contribution is 0.102. The lowest BCUT2D eigenvalue weighted by atomic mass is 10.1. The van der Waals surface area contributed by atoms with Gasteiger partial charge in [0.05, 0.1) is 16.6 Å². The predicted octanol–water partition coefficient (Wildman–Crippen LogP) is 4.18. The summed E-state index contributed by atoms with van der Waals surface area (Å²) in [5.41, 5.74) is 3.02. The molecule has 0 aliphatic rings. The number of amides is 1. The minimum Gasteiger partial charge on any atom is -0.331 e. The van der Waals surface area contributed by atoms with Gasteiger partial charge in [0.2, 0.25) is 0 Å². The molecule has 1 aromatic heterocycles. The van der Waals surface area contributed by atoms with Gasteiger partial charge < -0.3 is 15.3 Å². The number of carbonyl (C=O) groups excluding carboxylic acids is 1. The van der Waals surface area contributed by atoms with Crippen molar-refractivity contribution in [1.82, 2.24) is 9.97 Å². The minimum absolute atomic E-state index is 0.210. The smallest absolute Gasteiger partial charge is 0.257 e. The lowest BCUT2D eigenvalue weighted by Crippen LogP contribution is -2.13. The summed E-state index contributed by atoms with van der Waals surface area (Å²) in [5.74, 6) is -0.886. The first-order valence-electron chi connectivity index (χ1n) is 6.88. The van der Waals surface area contributed by atoms with Gasteiger partial charge in [0.25, 0.3) is 5.91 Å². The molecular weight excluding hydrogens is 301 g/mol. The summed E-state index contributed by atoms with van der Waals surface area (Å²) in [7, 11) is 0. The van der Waals surface area contributed by atoms with E-state index in [0.29, 0.717) is 21.5 Å². The molecule has 1 heterocycles. The third-order valence-electron chi connectivity index (χ3n) is 3.45. The Balaban J connectivity index is 1.95. The quantitative estimate of drug-likeness (QED) is 0.635. The Labute approximate surface area is 131 Å². The monoisotopic (exact) mass is 315 g/mol. The molecule has 0 saturated carbocycles. The molecule has 6 heteroatoms. The fourth-order valence-electron chi connectivity index (χ4n) is 2.31. The molecule has 3 rings (SSSR count). The molecule has 22 heavy (non-hydrogen) atoms. The zero-order valence-corrected chi connectivity index (χ0v) is 12.7. The number of benzene rings is 2. The Kier molecular flexibility index (Phi) is 3.77. The Morgan fingerprint density at radius 1 is 1.23 bits per heavy atom. The number of H-pyrrole nitrogens is 2. The van der Waals surface area contributed by atoms with Gasteiger partial charge in [-0.25, -0.2) is 4.39 Å². The number of fused-ring (bicyclic) bond motifs is 1. The summed E-state index contributed by atoms with van der Waals surface area (Å²) >= 11 is 4.99. The molecular formula is C16H14FN3OS. The molecule has 0 atom stereocenters. The van der Waals surface area contributed by atoms with Crippen LogP contribution in [0.2, 0.25) is 0 Å². The minimum atomic E-state index is -0.496. The normalized spacial score (nSPS) is 10.8. The number of carbonyl (C=O) groups is 1. The van der Waals surface area contributed by atoms with Crippen molar-refractivity contribution in [2.24, 2.45) is 0 Å².